The van der Waals surface area contributed by atoms with Crippen LogP contribution in [0.5, 0.6) is 0 Å². The minimum absolute atomic E-state index is 0.150. The van der Waals surface area contributed by atoms with Gasteiger partial charge in [-0.05, 0) is 32.3 Å². The van der Waals surface area contributed by atoms with Crippen molar-refractivity contribution in [1.82, 2.24) is 20.2 Å². The molecule has 1 aliphatic rings. The maximum atomic E-state index is 13.2. The number of imide groups is 1. The van der Waals surface area contributed by atoms with Gasteiger partial charge in [-0.3, -0.25) is 19.5 Å². The van der Waals surface area contributed by atoms with Crippen LogP contribution in [0.15, 0.2) is 35.1 Å². The minimum atomic E-state index is -1.34. The summed E-state index contributed by atoms with van der Waals surface area (Å²) in [6.07, 6.45) is 2.31. The Balaban J connectivity index is 1.67. The van der Waals surface area contributed by atoms with Gasteiger partial charge in [-0.1, -0.05) is 36.8 Å². The maximum Gasteiger partial charge on any atom is 0.349 e. The second-order valence-electron chi connectivity index (χ2n) is 8.08. The van der Waals surface area contributed by atoms with Crippen LogP contribution in [0.4, 0.5) is 4.79 Å². The summed E-state index contributed by atoms with van der Waals surface area (Å²) >= 11 is 1.09. The predicted octanol–water partition coefficient (Wildman–Crippen LogP) is 3.24. The van der Waals surface area contributed by atoms with Gasteiger partial charge in [0.15, 0.2) is 0 Å². The molecule has 0 spiro atoms. The number of fused-ring (bicyclic) bond motifs is 2. The van der Waals surface area contributed by atoms with E-state index in [4.69, 9.17) is 4.74 Å². The first-order valence-electron chi connectivity index (χ1n) is 11.3. The zero-order chi connectivity index (χ0) is 24.2. The van der Waals surface area contributed by atoms with E-state index in [-0.39, 0.29) is 10.4 Å². The lowest BCUT2D eigenvalue weighted by atomic mass is 10.1. The van der Waals surface area contributed by atoms with Crippen molar-refractivity contribution in [3.63, 3.8) is 0 Å². The first-order valence-corrected chi connectivity index (χ1v) is 12.1. The van der Waals surface area contributed by atoms with Gasteiger partial charge < -0.3 is 10.1 Å². The monoisotopic (exact) mass is 482 g/mol. The molecular weight excluding hydrogens is 456 g/mol. The average molecular weight is 483 g/mol. The molecule has 1 unspecified atom stereocenters. The van der Waals surface area contributed by atoms with Crippen LogP contribution in [-0.2, 0) is 22.5 Å². The van der Waals surface area contributed by atoms with Gasteiger partial charge >= 0.3 is 12.0 Å². The Kier molecular flexibility index (Phi) is 7.06. The summed E-state index contributed by atoms with van der Waals surface area (Å²) < 4.78 is 7.31. The summed E-state index contributed by atoms with van der Waals surface area (Å²) in [4.78, 5) is 56.4. The van der Waals surface area contributed by atoms with Crippen LogP contribution in [-0.4, -0.2) is 34.0 Å². The van der Waals surface area contributed by atoms with E-state index in [2.05, 4.69) is 15.6 Å². The summed E-state index contributed by atoms with van der Waals surface area (Å²) in [5.74, 6) is -0.784. The number of aromatic nitrogens is 2. The highest BCUT2D eigenvalue weighted by molar-refractivity contribution is 7.20. The van der Waals surface area contributed by atoms with Crippen molar-refractivity contribution in [2.24, 2.45) is 0 Å². The zero-order valence-corrected chi connectivity index (χ0v) is 19.9. The third-order valence-corrected chi connectivity index (χ3v) is 6.90. The predicted molar refractivity (Wildman–Crippen MR) is 128 cm³/mol. The van der Waals surface area contributed by atoms with E-state index in [1.807, 2.05) is 0 Å². The number of esters is 1. The number of ether oxygens (including phenoxy) is 1. The number of benzene rings is 1. The molecule has 2 aromatic heterocycles. The van der Waals surface area contributed by atoms with Crippen LogP contribution >= 0.6 is 11.3 Å². The topological polar surface area (TPSA) is 119 Å². The van der Waals surface area contributed by atoms with E-state index >= 15 is 0 Å². The number of thiophene rings is 1. The molecule has 0 radical (unpaired) electrons. The number of nitrogens with one attached hydrogen (secondary N) is 2. The van der Waals surface area contributed by atoms with E-state index in [1.165, 1.54) is 0 Å². The highest BCUT2D eigenvalue weighted by Gasteiger charge is 2.30. The molecular formula is C24H26N4O5S. The number of hydrogen-bond donors (Lipinski definition) is 2. The molecule has 10 heteroatoms. The molecule has 3 aromatic rings. The molecule has 0 aliphatic carbocycles. The number of carbonyl (C=O) groups is 3. The molecule has 3 heterocycles. The molecule has 0 saturated heterocycles. The van der Waals surface area contributed by atoms with E-state index in [0.29, 0.717) is 34.4 Å². The van der Waals surface area contributed by atoms with Gasteiger partial charge in [-0.2, -0.15) is 0 Å². The van der Waals surface area contributed by atoms with Crippen molar-refractivity contribution < 1.29 is 19.1 Å². The van der Waals surface area contributed by atoms with E-state index in [0.717, 1.165) is 42.8 Å². The van der Waals surface area contributed by atoms with Crippen LogP contribution in [0.1, 0.15) is 58.9 Å². The Morgan fingerprint density at radius 2 is 1.94 bits per heavy atom. The number of nitrogens with zero attached hydrogens (tertiary/aromatic N) is 2. The van der Waals surface area contributed by atoms with Crippen LogP contribution < -0.4 is 16.2 Å². The van der Waals surface area contributed by atoms with Gasteiger partial charge in [0.05, 0.1) is 5.39 Å². The van der Waals surface area contributed by atoms with Crippen molar-refractivity contribution in [3.05, 3.63) is 62.5 Å². The summed E-state index contributed by atoms with van der Waals surface area (Å²) in [5.41, 5.74) is 0.752. The van der Waals surface area contributed by atoms with Gasteiger partial charge in [-0.25, -0.2) is 14.6 Å². The van der Waals surface area contributed by atoms with Gasteiger partial charge in [0.1, 0.15) is 15.5 Å². The van der Waals surface area contributed by atoms with Gasteiger partial charge in [0.25, 0.3) is 11.5 Å². The molecule has 1 atom stereocenters. The molecule has 178 valence electrons. The van der Waals surface area contributed by atoms with E-state index in [1.54, 1.807) is 48.7 Å². The Bertz CT molecular complexity index is 1300. The second kappa shape index (κ2) is 10.2. The Labute approximate surface area is 200 Å². The SMILES string of the molecule is CCNC(=O)NC(=O)C(OC(=O)c1sc2nc3n(c(=O)c2c1C)CCCCC3)c1ccccc1. The number of amides is 3. The van der Waals surface area contributed by atoms with Crippen molar-refractivity contribution >= 4 is 39.5 Å². The van der Waals surface area contributed by atoms with Crippen molar-refractivity contribution in [2.45, 2.75) is 52.2 Å². The number of urea groups is 1. The second-order valence-corrected chi connectivity index (χ2v) is 9.08. The van der Waals surface area contributed by atoms with Crippen molar-refractivity contribution in [3.8, 4) is 0 Å². The molecule has 3 amide bonds. The summed E-state index contributed by atoms with van der Waals surface area (Å²) in [6, 6.07) is 7.77. The van der Waals surface area contributed by atoms with Crippen LogP contribution in [0.2, 0.25) is 0 Å². The third-order valence-electron chi connectivity index (χ3n) is 5.74. The zero-order valence-electron chi connectivity index (χ0n) is 19.1. The number of rotatable bonds is 5. The van der Waals surface area contributed by atoms with Crippen molar-refractivity contribution in [1.29, 1.82) is 0 Å². The Hall–Kier alpha value is -3.53. The maximum absolute atomic E-state index is 13.2. The van der Waals surface area contributed by atoms with Crippen LogP contribution in [0.25, 0.3) is 10.2 Å². The Morgan fingerprint density at radius 3 is 2.68 bits per heavy atom. The molecule has 1 aliphatic heterocycles. The fraction of sp³-hybridized carbons (Fsp3) is 0.375. The Morgan fingerprint density at radius 1 is 1.18 bits per heavy atom. The highest BCUT2D eigenvalue weighted by atomic mass is 32.1. The molecule has 0 bridgehead atoms. The van der Waals surface area contributed by atoms with Crippen LogP contribution in [0, 0.1) is 6.92 Å². The quantitative estimate of drug-likeness (QED) is 0.539. The smallest absolute Gasteiger partial charge is 0.349 e. The van der Waals surface area contributed by atoms with Crippen molar-refractivity contribution in [2.75, 3.05) is 6.54 Å². The standard InChI is InChI=1S/C24H26N4O5S/c1-3-25-24(32)27-20(29)18(15-10-6-4-7-11-15)33-23(31)19-14(2)17-21(34-19)26-16-12-8-5-9-13-28(16)22(17)30/h4,6-7,10-11,18H,3,5,8-9,12-13H2,1-2H3,(H2,25,27,29,32). The summed E-state index contributed by atoms with van der Waals surface area (Å²) in [6.45, 7) is 4.36. The molecule has 9 nitrogen and oxygen atoms in total. The fourth-order valence-corrected chi connectivity index (χ4v) is 5.12. The first-order chi connectivity index (χ1) is 16.4. The van der Waals surface area contributed by atoms with Crippen LogP contribution in [0.3, 0.4) is 0 Å². The van der Waals surface area contributed by atoms with Gasteiger partial charge in [0.2, 0.25) is 6.10 Å². The molecule has 34 heavy (non-hydrogen) atoms. The number of hydrogen-bond acceptors (Lipinski definition) is 7. The minimum Gasteiger partial charge on any atom is -0.443 e. The van der Waals surface area contributed by atoms with E-state index < -0.39 is 24.0 Å². The number of aryl methyl sites for hydroxylation is 2. The van der Waals surface area contributed by atoms with E-state index in [9.17, 15) is 19.2 Å². The molecule has 0 fully saturated rings. The molecule has 2 N–H and O–H groups in total. The summed E-state index contributed by atoms with van der Waals surface area (Å²) in [5, 5.41) is 5.09. The lowest BCUT2D eigenvalue weighted by Crippen LogP contribution is -2.42. The fourth-order valence-electron chi connectivity index (χ4n) is 4.05. The van der Waals surface area contributed by atoms with Gasteiger partial charge in [0, 0.05) is 25.1 Å². The summed E-state index contributed by atoms with van der Waals surface area (Å²) in [7, 11) is 0. The van der Waals surface area contributed by atoms with Gasteiger partial charge in [-0.15, -0.1) is 11.3 Å². The molecule has 0 saturated carbocycles. The third kappa shape index (κ3) is 4.72. The number of carbonyl (C=O) groups excluding carboxylic acids is 3. The molecule has 4 rings (SSSR count). The lowest BCUT2D eigenvalue weighted by Gasteiger charge is -2.17. The lowest BCUT2D eigenvalue weighted by molar-refractivity contribution is -0.129. The first kappa shape index (κ1) is 23.6. The largest absolute Gasteiger partial charge is 0.443 e. The average Bonchev–Trinajstić information content (AvgIpc) is 2.98. The normalized spacial score (nSPS) is 14.1. The molecule has 1 aromatic carbocycles. The highest BCUT2D eigenvalue weighted by Crippen LogP contribution is 2.30.